The first-order chi connectivity index (χ1) is 13.0. The Bertz CT molecular complexity index is 826. The van der Waals surface area contributed by atoms with Crippen LogP contribution in [0.4, 0.5) is 17.1 Å². The van der Waals surface area contributed by atoms with Crippen LogP contribution in [0.15, 0.2) is 84.0 Å². The Kier molecular flexibility index (Phi) is 5.77. The monoisotopic (exact) mass is 358 g/mol. The van der Waals surface area contributed by atoms with Gasteiger partial charge in [0.15, 0.2) is 0 Å². The number of anilines is 3. The molecule has 0 radical (unpaired) electrons. The number of benzene rings is 3. The first kappa shape index (κ1) is 18.5. The third-order valence-electron chi connectivity index (χ3n) is 4.38. The van der Waals surface area contributed by atoms with Gasteiger partial charge in [-0.05, 0) is 36.4 Å². The van der Waals surface area contributed by atoms with Crippen LogP contribution >= 0.6 is 0 Å². The second-order valence-corrected chi connectivity index (χ2v) is 6.82. The molecule has 4 nitrogen and oxygen atoms in total. The van der Waals surface area contributed by atoms with Crippen LogP contribution in [0.3, 0.4) is 0 Å². The summed E-state index contributed by atoms with van der Waals surface area (Å²) in [6, 6.07) is 26.9. The zero-order valence-electron chi connectivity index (χ0n) is 16.3. The van der Waals surface area contributed by atoms with E-state index in [0.29, 0.717) is 0 Å². The van der Waals surface area contributed by atoms with Crippen LogP contribution in [0.25, 0.3) is 0 Å². The van der Waals surface area contributed by atoms with Gasteiger partial charge in [-0.1, -0.05) is 42.5 Å². The highest BCUT2D eigenvalue weighted by Gasteiger charge is 2.09. The maximum atomic E-state index is 4.72. The first-order valence-corrected chi connectivity index (χ1v) is 8.99. The number of hydrogen-bond donors (Lipinski definition) is 1. The lowest BCUT2D eigenvalue weighted by Gasteiger charge is -2.15. The lowest BCUT2D eigenvalue weighted by molar-refractivity contribution is 1.13. The summed E-state index contributed by atoms with van der Waals surface area (Å²) in [6.45, 7) is 0. The Morgan fingerprint density at radius 1 is 0.630 bits per heavy atom. The molecule has 3 aromatic rings. The normalized spacial score (nSPS) is 10.2. The van der Waals surface area contributed by atoms with E-state index in [4.69, 9.17) is 5.10 Å². The van der Waals surface area contributed by atoms with Gasteiger partial charge in [-0.3, -0.25) is 5.43 Å². The third-order valence-corrected chi connectivity index (χ3v) is 4.38. The van der Waals surface area contributed by atoms with Gasteiger partial charge < -0.3 is 9.80 Å². The van der Waals surface area contributed by atoms with Crippen molar-refractivity contribution in [1.82, 2.24) is 0 Å². The van der Waals surface area contributed by atoms with Gasteiger partial charge in [0, 0.05) is 50.7 Å². The molecule has 0 amide bonds. The molecule has 0 aliphatic rings. The molecule has 0 aromatic heterocycles. The number of hydrazone groups is 1. The van der Waals surface area contributed by atoms with Gasteiger partial charge in [0.1, 0.15) is 0 Å². The Morgan fingerprint density at radius 3 is 1.48 bits per heavy atom. The second-order valence-electron chi connectivity index (χ2n) is 6.82. The fourth-order valence-electron chi connectivity index (χ4n) is 2.76. The maximum Gasteiger partial charge on any atom is 0.0978 e. The number of hydrogen-bond acceptors (Lipinski definition) is 4. The smallest absolute Gasteiger partial charge is 0.0978 e. The summed E-state index contributed by atoms with van der Waals surface area (Å²) in [5.41, 5.74) is 9.53. The number of rotatable bonds is 6. The van der Waals surface area contributed by atoms with E-state index in [9.17, 15) is 0 Å². The number of nitrogens with one attached hydrogen (secondary N) is 1. The average Bonchev–Trinajstić information content (AvgIpc) is 2.69. The SMILES string of the molecule is CN(C)c1ccc(C(=NNc2ccccc2)c2ccc(N(C)C)cc2)cc1. The summed E-state index contributed by atoms with van der Waals surface area (Å²) in [7, 11) is 8.17. The van der Waals surface area contributed by atoms with Crippen LogP contribution in [0, 0.1) is 0 Å². The summed E-state index contributed by atoms with van der Waals surface area (Å²) in [5.74, 6) is 0. The zero-order valence-corrected chi connectivity index (χ0v) is 16.3. The average molecular weight is 358 g/mol. The van der Waals surface area contributed by atoms with E-state index in [-0.39, 0.29) is 0 Å². The Balaban J connectivity index is 1.97. The molecule has 0 aliphatic carbocycles. The minimum absolute atomic E-state index is 0.912. The van der Waals surface area contributed by atoms with Crippen LogP contribution in [-0.4, -0.2) is 33.9 Å². The standard InChI is InChI=1S/C23H26N4/c1-26(2)21-14-10-18(11-15-21)23(25-24-20-8-6-5-7-9-20)19-12-16-22(17-13-19)27(3)4/h5-17,24H,1-4H3. The largest absolute Gasteiger partial charge is 0.378 e. The van der Waals surface area contributed by atoms with Gasteiger partial charge in [0.2, 0.25) is 0 Å². The topological polar surface area (TPSA) is 30.9 Å². The molecule has 3 aromatic carbocycles. The van der Waals surface area contributed by atoms with Gasteiger partial charge >= 0.3 is 0 Å². The van der Waals surface area contributed by atoms with Crippen LogP contribution in [-0.2, 0) is 0 Å². The minimum atomic E-state index is 0.912. The predicted octanol–water partition coefficient (Wildman–Crippen LogP) is 4.68. The number of nitrogens with zero attached hydrogens (tertiary/aromatic N) is 3. The minimum Gasteiger partial charge on any atom is -0.378 e. The van der Waals surface area contributed by atoms with E-state index in [2.05, 4.69) is 63.8 Å². The number of para-hydroxylation sites is 1. The second kappa shape index (κ2) is 8.41. The molecule has 1 N–H and O–H groups in total. The molecule has 27 heavy (non-hydrogen) atoms. The summed E-state index contributed by atoms with van der Waals surface area (Å²) >= 11 is 0. The van der Waals surface area contributed by atoms with E-state index in [0.717, 1.165) is 33.9 Å². The van der Waals surface area contributed by atoms with Gasteiger partial charge in [0.05, 0.1) is 11.4 Å². The molecule has 138 valence electrons. The zero-order chi connectivity index (χ0) is 19.2. The molecule has 0 saturated carbocycles. The van der Waals surface area contributed by atoms with Crippen molar-refractivity contribution in [3.63, 3.8) is 0 Å². The first-order valence-electron chi connectivity index (χ1n) is 8.99. The van der Waals surface area contributed by atoms with E-state index in [1.54, 1.807) is 0 Å². The van der Waals surface area contributed by atoms with Crippen molar-refractivity contribution in [1.29, 1.82) is 0 Å². The lowest BCUT2D eigenvalue weighted by Crippen LogP contribution is -2.11. The molecule has 3 rings (SSSR count). The Hall–Kier alpha value is -3.27. The van der Waals surface area contributed by atoms with Crippen molar-refractivity contribution in [2.45, 2.75) is 0 Å². The highest BCUT2D eigenvalue weighted by molar-refractivity contribution is 6.13. The van der Waals surface area contributed by atoms with Crippen LogP contribution in [0.2, 0.25) is 0 Å². The van der Waals surface area contributed by atoms with Crippen LogP contribution < -0.4 is 15.2 Å². The van der Waals surface area contributed by atoms with E-state index >= 15 is 0 Å². The molecule has 0 atom stereocenters. The quantitative estimate of drug-likeness (QED) is 0.512. The summed E-state index contributed by atoms with van der Waals surface area (Å²) < 4.78 is 0. The molecule has 0 saturated heterocycles. The van der Waals surface area contributed by atoms with E-state index in [1.807, 2.05) is 58.5 Å². The molecule has 0 spiro atoms. The van der Waals surface area contributed by atoms with Crippen LogP contribution in [0.5, 0.6) is 0 Å². The predicted molar refractivity (Wildman–Crippen MR) is 117 cm³/mol. The summed E-state index contributed by atoms with van der Waals surface area (Å²) in [5, 5.41) is 4.72. The molecule has 0 unspecified atom stereocenters. The molecular formula is C23H26N4. The van der Waals surface area contributed by atoms with E-state index in [1.165, 1.54) is 0 Å². The van der Waals surface area contributed by atoms with Crippen molar-refractivity contribution >= 4 is 22.8 Å². The van der Waals surface area contributed by atoms with Crippen molar-refractivity contribution in [3.05, 3.63) is 90.0 Å². The van der Waals surface area contributed by atoms with Gasteiger partial charge in [-0.15, -0.1) is 0 Å². The van der Waals surface area contributed by atoms with E-state index < -0.39 is 0 Å². The molecule has 0 bridgehead atoms. The fraction of sp³-hybridized carbons (Fsp3) is 0.174. The van der Waals surface area contributed by atoms with Gasteiger partial charge in [-0.2, -0.15) is 5.10 Å². The van der Waals surface area contributed by atoms with Gasteiger partial charge in [0.25, 0.3) is 0 Å². The molecule has 0 fully saturated rings. The lowest BCUT2D eigenvalue weighted by atomic mass is 10.0. The van der Waals surface area contributed by atoms with Gasteiger partial charge in [-0.25, -0.2) is 0 Å². The van der Waals surface area contributed by atoms with Crippen molar-refractivity contribution < 1.29 is 0 Å². The van der Waals surface area contributed by atoms with Crippen molar-refractivity contribution in [2.24, 2.45) is 5.10 Å². The maximum absolute atomic E-state index is 4.72. The Morgan fingerprint density at radius 2 is 1.07 bits per heavy atom. The third kappa shape index (κ3) is 4.67. The highest BCUT2D eigenvalue weighted by Crippen LogP contribution is 2.19. The van der Waals surface area contributed by atoms with Crippen LogP contribution in [0.1, 0.15) is 11.1 Å². The summed E-state index contributed by atoms with van der Waals surface area (Å²) in [6.07, 6.45) is 0. The Labute approximate surface area is 161 Å². The molecule has 0 heterocycles. The van der Waals surface area contributed by atoms with Crippen molar-refractivity contribution in [2.75, 3.05) is 43.4 Å². The highest BCUT2D eigenvalue weighted by atomic mass is 15.3. The van der Waals surface area contributed by atoms with Crippen molar-refractivity contribution in [3.8, 4) is 0 Å². The fourth-order valence-corrected chi connectivity index (χ4v) is 2.76. The molecule has 4 heteroatoms. The summed E-state index contributed by atoms with van der Waals surface area (Å²) in [4.78, 5) is 4.18. The molecular weight excluding hydrogens is 332 g/mol. The molecule has 0 aliphatic heterocycles.